The van der Waals surface area contributed by atoms with Gasteiger partial charge in [-0.05, 0) is 17.5 Å². The Morgan fingerprint density at radius 1 is 1.56 bits per heavy atom. The van der Waals surface area contributed by atoms with Crippen molar-refractivity contribution < 1.29 is 4.79 Å². The molecule has 4 nitrogen and oxygen atoms in total. The van der Waals surface area contributed by atoms with Crippen LogP contribution in [-0.2, 0) is 10.2 Å². The van der Waals surface area contributed by atoms with Gasteiger partial charge in [0.05, 0.1) is 5.69 Å². The van der Waals surface area contributed by atoms with Crippen molar-refractivity contribution in [2.45, 2.75) is 25.2 Å². The first kappa shape index (κ1) is 11.1. The lowest BCUT2D eigenvalue weighted by Gasteiger charge is -2.40. The molecular weight excluding hydrogens is 202 g/mol. The van der Waals surface area contributed by atoms with Gasteiger partial charge in [-0.15, -0.1) is 0 Å². The summed E-state index contributed by atoms with van der Waals surface area (Å²) in [6.07, 6.45) is 1.73. The number of aromatic nitrogens is 1. The highest BCUT2D eigenvalue weighted by atomic mass is 16.1. The van der Waals surface area contributed by atoms with Gasteiger partial charge < -0.3 is 11.1 Å². The molecule has 1 saturated heterocycles. The maximum atomic E-state index is 11.6. The lowest BCUT2D eigenvalue weighted by Crippen LogP contribution is -2.64. The van der Waals surface area contributed by atoms with Crippen molar-refractivity contribution >= 4 is 5.91 Å². The van der Waals surface area contributed by atoms with Crippen LogP contribution in [0.25, 0.3) is 0 Å². The lowest BCUT2D eigenvalue weighted by atomic mass is 9.74. The Balaban J connectivity index is 2.50. The number of pyridine rings is 1. The molecule has 0 aromatic carbocycles. The number of nitrogens with zero attached hydrogens (tertiary/aromatic N) is 1. The molecule has 0 radical (unpaired) electrons. The molecule has 0 saturated carbocycles. The summed E-state index contributed by atoms with van der Waals surface area (Å²) in [6, 6.07) is 3.93. The second-order valence-electron chi connectivity index (χ2n) is 4.65. The summed E-state index contributed by atoms with van der Waals surface area (Å²) in [4.78, 5) is 16.0. The number of rotatable bonds is 3. The van der Waals surface area contributed by atoms with E-state index in [0.717, 1.165) is 11.3 Å². The smallest absolute Gasteiger partial charge is 0.232 e. The van der Waals surface area contributed by atoms with Crippen molar-refractivity contribution in [1.29, 1.82) is 0 Å². The number of nitrogens with one attached hydrogen (secondary N) is 1. The van der Waals surface area contributed by atoms with Gasteiger partial charge in [0.15, 0.2) is 0 Å². The quantitative estimate of drug-likeness (QED) is 0.779. The van der Waals surface area contributed by atoms with Crippen LogP contribution in [-0.4, -0.2) is 24.0 Å². The van der Waals surface area contributed by atoms with Gasteiger partial charge in [-0.3, -0.25) is 9.78 Å². The third-order valence-electron chi connectivity index (χ3n) is 3.24. The molecule has 0 bridgehead atoms. The zero-order valence-electron chi connectivity index (χ0n) is 9.66. The largest absolute Gasteiger partial charge is 0.369 e. The highest BCUT2D eigenvalue weighted by Gasteiger charge is 2.47. The SMILES string of the molecule is CC(C)c1cccnc1C1(C(N)=O)CNC1. The summed E-state index contributed by atoms with van der Waals surface area (Å²) in [6.45, 7) is 5.39. The molecule has 1 amide bonds. The van der Waals surface area contributed by atoms with E-state index in [4.69, 9.17) is 5.73 Å². The average molecular weight is 219 g/mol. The number of primary amides is 1. The molecule has 1 aromatic rings. The Morgan fingerprint density at radius 2 is 2.25 bits per heavy atom. The monoisotopic (exact) mass is 219 g/mol. The molecule has 1 fully saturated rings. The summed E-state index contributed by atoms with van der Waals surface area (Å²) in [5.41, 5.74) is 6.88. The summed E-state index contributed by atoms with van der Waals surface area (Å²) < 4.78 is 0. The van der Waals surface area contributed by atoms with Crippen LogP contribution in [0.4, 0.5) is 0 Å². The maximum Gasteiger partial charge on any atom is 0.232 e. The molecule has 1 aliphatic heterocycles. The number of amides is 1. The standard InChI is InChI=1S/C12H17N3O/c1-8(2)9-4-3-5-15-10(9)12(11(13)16)6-14-7-12/h3-5,8,14H,6-7H2,1-2H3,(H2,13,16). The predicted octanol–water partition coefficient (Wildman–Crippen LogP) is 0.531. The number of hydrogen-bond donors (Lipinski definition) is 2. The third-order valence-corrected chi connectivity index (χ3v) is 3.24. The molecule has 0 atom stereocenters. The first-order valence-electron chi connectivity index (χ1n) is 5.54. The molecule has 16 heavy (non-hydrogen) atoms. The van der Waals surface area contributed by atoms with Crippen molar-refractivity contribution in [2.24, 2.45) is 5.73 Å². The van der Waals surface area contributed by atoms with E-state index in [1.807, 2.05) is 12.1 Å². The van der Waals surface area contributed by atoms with Crippen LogP contribution in [0.3, 0.4) is 0 Å². The Kier molecular flexibility index (Phi) is 2.68. The van der Waals surface area contributed by atoms with Crippen LogP contribution >= 0.6 is 0 Å². The van der Waals surface area contributed by atoms with Gasteiger partial charge in [-0.2, -0.15) is 0 Å². The molecule has 2 rings (SSSR count). The summed E-state index contributed by atoms with van der Waals surface area (Å²) in [7, 11) is 0. The molecule has 1 aliphatic rings. The van der Waals surface area contributed by atoms with Crippen molar-refractivity contribution in [3.05, 3.63) is 29.6 Å². The van der Waals surface area contributed by atoms with E-state index in [1.54, 1.807) is 6.20 Å². The van der Waals surface area contributed by atoms with E-state index in [0.29, 0.717) is 19.0 Å². The molecule has 3 N–H and O–H groups in total. The molecule has 0 spiro atoms. The van der Waals surface area contributed by atoms with Crippen LogP contribution in [0.2, 0.25) is 0 Å². The summed E-state index contributed by atoms with van der Waals surface area (Å²) >= 11 is 0. The third kappa shape index (κ3) is 1.50. The Hall–Kier alpha value is -1.42. The van der Waals surface area contributed by atoms with Gasteiger partial charge in [0.25, 0.3) is 0 Å². The number of carbonyl (C=O) groups excluding carboxylic acids is 1. The zero-order chi connectivity index (χ0) is 11.8. The normalized spacial score (nSPS) is 18.2. The van der Waals surface area contributed by atoms with Crippen LogP contribution in [0.1, 0.15) is 31.0 Å². The van der Waals surface area contributed by atoms with Crippen LogP contribution in [0, 0.1) is 0 Å². The number of carbonyl (C=O) groups is 1. The van der Waals surface area contributed by atoms with Crippen LogP contribution < -0.4 is 11.1 Å². The second-order valence-corrected chi connectivity index (χ2v) is 4.65. The Labute approximate surface area is 95.3 Å². The first-order chi connectivity index (χ1) is 7.58. The molecule has 0 unspecified atom stereocenters. The van der Waals surface area contributed by atoms with E-state index in [1.165, 1.54) is 0 Å². The van der Waals surface area contributed by atoms with E-state index >= 15 is 0 Å². The molecule has 4 heteroatoms. The average Bonchev–Trinajstić information content (AvgIpc) is 2.15. The van der Waals surface area contributed by atoms with Gasteiger partial charge in [-0.25, -0.2) is 0 Å². The topological polar surface area (TPSA) is 68.0 Å². The minimum Gasteiger partial charge on any atom is -0.369 e. The van der Waals surface area contributed by atoms with Crippen LogP contribution in [0.5, 0.6) is 0 Å². The fourth-order valence-electron chi connectivity index (χ4n) is 2.12. The number of nitrogens with two attached hydrogens (primary N) is 1. The highest BCUT2D eigenvalue weighted by Crippen LogP contribution is 2.32. The van der Waals surface area contributed by atoms with Gasteiger partial charge >= 0.3 is 0 Å². The van der Waals surface area contributed by atoms with E-state index in [2.05, 4.69) is 24.1 Å². The maximum absolute atomic E-state index is 11.6. The van der Waals surface area contributed by atoms with Crippen molar-refractivity contribution in [1.82, 2.24) is 10.3 Å². The fourth-order valence-corrected chi connectivity index (χ4v) is 2.12. The lowest BCUT2D eigenvalue weighted by molar-refractivity contribution is -0.125. The summed E-state index contributed by atoms with van der Waals surface area (Å²) in [5.74, 6) is 0.0624. The second kappa shape index (κ2) is 3.87. The van der Waals surface area contributed by atoms with Gasteiger partial charge in [-0.1, -0.05) is 19.9 Å². The Morgan fingerprint density at radius 3 is 2.69 bits per heavy atom. The number of hydrogen-bond acceptors (Lipinski definition) is 3. The van der Waals surface area contributed by atoms with Crippen molar-refractivity contribution in [3.8, 4) is 0 Å². The summed E-state index contributed by atoms with van der Waals surface area (Å²) in [5, 5.41) is 3.11. The minimum absolute atomic E-state index is 0.285. The van der Waals surface area contributed by atoms with Crippen LogP contribution in [0.15, 0.2) is 18.3 Å². The van der Waals surface area contributed by atoms with E-state index in [-0.39, 0.29) is 5.91 Å². The Bertz CT molecular complexity index is 410. The molecule has 2 heterocycles. The van der Waals surface area contributed by atoms with Crippen molar-refractivity contribution in [3.63, 3.8) is 0 Å². The van der Waals surface area contributed by atoms with Gasteiger partial charge in [0, 0.05) is 19.3 Å². The zero-order valence-corrected chi connectivity index (χ0v) is 9.66. The van der Waals surface area contributed by atoms with E-state index in [9.17, 15) is 4.79 Å². The van der Waals surface area contributed by atoms with Gasteiger partial charge in [0.1, 0.15) is 5.41 Å². The predicted molar refractivity (Wildman–Crippen MR) is 62.1 cm³/mol. The highest BCUT2D eigenvalue weighted by molar-refractivity contribution is 5.88. The van der Waals surface area contributed by atoms with Gasteiger partial charge in [0.2, 0.25) is 5.91 Å². The minimum atomic E-state index is -0.596. The van der Waals surface area contributed by atoms with E-state index < -0.39 is 5.41 Å². The first-order valence-corrected chi connectivity index (χ1v) is 5.54. The fraction of sp³-hybridized carbons (Fsp3) is 0.500. The molecule has 86 valence electrons. The molecule has 0 aliphatic carbocycles. The molecular formula is C12H17N3O. The molecule has 1 aromatic heterocycles. The van der Waals surface area contributed by atoms with Crippen molar-refractivity contribution in [2.75, 3.05) is 13.1 Å².